The summed E-state index contributed by atoms with van der Waals surface area (Å²) >= 11 is 0. The maximum atomic E-state index is 13.9. The predicted octanol–water partition coefficient (Wildman–Crippen LogP) is 3.69. The van der Waals surface area contributed by atoms with Crippen LogP contribution in [0.15, 0.2) is 78.9 Å². The lowest BCUT2D eigenvalue weighted by molar-refractivity contribution is -0.127. The molecule has 1 N–H and O–H groups in total. The van der Waals surface area contributed by atoms with Crippen molar-refractivity contribution in [3.05, 3.63) is 95.6 Å². The molecule has 0 aliphatic carbocycles. The number of fused-ring (bicyclic) bond motifs is 3. The summed E-state index contributed by atoms with van der Waals surface area (Å²) in [6.45, 7) is 0.352. The molecular weight excluding hydrogens is 400 g/mol. The lowest BCUT2D eigenvalue weighted by atomic mass is 9.91. The zero-order valence-electron chi connectivity index (χ0n) is 18.4. The number of para-hydroxylation sites is 2. The maximum Gasteiger partial charge on any atom is 0.278 e. The molecule has 6 nitrogen and oxygen atoms in total. The molecule has 0 saturated carbocycles. The van der Waals surface area contributed by atoms with Gasteiger partial charge in [0.15, 0.2) is 0 Å². The van der Waals surface area contributed by atoms with Crippen LogP contribution < -0.4 is 10.2 Å². The van der Waals surface area contributed by atoms with Gasteiger partial charge in [0.25, 0.3) is 11.8 Å². The van der Waals surface area contributed by atoms with Crippen LogP contribution in [-0.4, -0.2) is 49.3 Å². The molecule has 2 heterocycles. The van der Waals surface area contributed by atoms with Gasteiger partial charge in [-0.1, -0.05) is 60.7 Å². The van der Waals surface area contributed by atoms with Crippen LogP contribution >= 0.6 is 0 Å². The largest absolute Gasteiger partial charge is 0.350 e. The van der Waals surface area contributed by atoms with Crippen molar-refractivity contribution in [3.8, 4) is 0 Å². The van der Waals surface area contributed by atoms with Gasteiger partial charge in [0.2, 0.25) is 5.66 Å². The first-order valence-electron chi connectivity index (χ1n) is 10.7. The Labute approximate surface area is 188 Å². The molecule has 32 heavy (non-hydrogen) atoms. The van der Waals surface area contributed by atoms with Gasteiger partial charge in [0.05, 0.1) is 17.3 Å². The van der Waals surface area contributed by atoms with E-state index in [2.05, 4.69) is 22.3 Å². The minimum absolute atomic E-state index is 0.0880. The number of hydrogen-bond donors (Lipinski definition) is 1. The standard InChI is InChI=1S/C26H26N4O2/c1-28(2)23(18-11-5-4-6-12-18)17-30-24(31)19-13-7-9-15-21(19)27-26(30)20-14-8-10-16-22(20)29(3)25(26)32/h4-16,23,27H,17H2,1-3H3/t23-,26-/m1/s1. The lowest BCUT2D eigenvalue weighted by Crippen LogP contribution is -2.63. The van der Waals surface area contributed by atoms with E-state index in [9.17, 15) is 9.59 Å². The van der Waals surface area contributed by atoms with Crippen molar-refractivity contribution < 1.29 is 9.59 Å². The molecule has 0 unspecified atom stereocenters. The molecule has 3 aromatic rings. The second kappa shape index (κ2) is 7.50. The second-order valence-corrected chi connectivity index (χ2v) is 8.57. The minimum atomic E-state index is -1.29. The zero-order chi connectivity index (χ0) is 22.5. The van der Waals surface area contributed by atoms with Gasteiger partial charge in [-0.2, -0.15) is 0 Å². The Hall–Kier alpha value is -3.64. The number of carbonyl (C=O) groups is 2. The SMILES string of the molecule is CN1C(=O)[C@@]2(Nc3ccccc3C(=O)N2C[C@H](c2ccccc2)N(C)C)c2ccccc21. The highest BCUT2D eigenvalue weighted by atomic mass is 16.2. The Morgan fingerprint density at radius 1 is 0.906 bits per heavy atom. The molecule has 0 aromatic heterocycles. The fourth-order valence-corrected chi connectivity index (χ4v) is 4.89. The van der Waals surface area contributed by atoms with Gasteiger partial charge in [-0.3, -0.25) is 9.59 Å². The fraction of sp³-hybridized carbons (Fsp3) is 0.231. The number of anilines is 2. The van der Waals surface area contributed by atoms with Crippen LogP contribution in [0.2, 0.25) is 0 Å². The summed E-state index contributed by atoms with van der Waals surface area (Å²) < 4.78 is 0. The van der Waals surface area contributed by atoms with Crippen LogP contribution in [0.4, 0.5) is 11.4 Å². The number of likely N-dealkylation sites (N-methyl/N-ethyl adjacent to an activating group) is 2. The van der Waals surface area contributed by atoms with E-state index in [4.69, 9.17) is 0 Å². The van der Waals surface area contributed by atoms with E-state index >= 15 is 0 Å². The van der Waals surface area contributed by atoms with Crippen LogP contribution in [0.3, 0.4) is 0 Å². The molecule has 2 aliphatic heterocycles. The lowest BCUT2D eigenvalue weighted by Gasteiger charge is -2.46. The van der Waals surface area contributed by atoms with Crippen molar-refractivity contribution in [3.63, 3.8) is 0 Å². The highest BCUT2D eigenvalue weighted by molar-refractivity contribution is 6.15. The highest BCUT2D eigenvalue weighted by Gasteiger charge is 2.58. The molecule has 0 saturated heterocycles. The van der Waals surface area contributed by atoms with E-state index in [-0.39, 0.29) is 17.9 Å². The molecule has 2 amide bonds. The first-order chi connectivity index (χ1) is 15.4. The summed E-state index contributed by atoms with van der Waals surface area (Å²) in [5.41, 5.74) is 2.65. The molecule has 0 radical (unpaired) electrons. The van der Waals surface area contributed by atoms with Crippen LogP contribution in [0.1, 0.15) is 27.5 Å². The van der Waals surface area contributed by atoms with Crippen molar-refractivity contribution in [2.24, 2.45) is 0 Å². The summed E-state index contributed by atoms with van der Waals surface area (Å²) in [6.07, 6.45) is 0. The van der Waals surface area contributed by atoms with Crippen molar-refractivity contribution in [2.75, 3.05) is 37.9 Å². The Kier molecular flexibility index (Phi) is 4.75. The molecule has 2 atom stereocenters. The van der Waals surface area contributed by atoms with Gasteiger partial charge in [0.1, 0.15) is 0 Å². The molecule has 3 aromatic carbocycles. The molecule has 2 aliphatic rings. The van der Waals surface area contributed by atoms with Crippen LogP contribution in [-0.2, 0) is 10.5 Å². The molecule has 1 spiro atoms. The van der Waals surface area contributed by atoms with E-state index in [1.165, 1.54) is 0 Å². The topological polar surface area (TPSA) is 55.9 Å². The average Bonchev–Trinajstić information content (AvgIpc) is 3.02. The number of hydrogen-bond acceptors (Lipinski definition) is 4. The summed E-state index contributed by atoms with van der Waals surface area (Å²) in [5, 5.41) is 3.48. The van der Waals surface area contributed by atoms with Gasteiger partial charge < -0.3 is 20.0 Å². The number of nitrogens with one attached hydrogen (secondary N) is 1. The smallest absolute Gasteiger partial charge is 0.278 e. The minimum Gasteiger partial charge on any atom is -0.350 e. The highest BCUT2D eigenvalue weighted by Crippen LogP contribution is 2.48. The zero-order valence-corrected chi connectivity index (χ0v) is 18.4. The Bertz CT molecular complexity index is 1190. The summed E-state index contributed by atoms with van der Waals surface area (Å²) in [6, 6.07) is 25.1. The molecule has 162 valence electrons. The van der Waals surface area contributed by atoms with E-state index in [1.807, 2.05) is 80.8 Å². The van der Waals surface area contributed by atoms with E-state index in [0.29, 0.717) is 17.8 Å². The molecule has 5 rings (SSSR count). The van der Waals surface area contributed by atoms with Crippen LogP contribution in [0.25, 0.3) is 0 Å². The maximum absolute atomic E-state index is 13.9. The van der Waals surface area contributed by atoms with Gasteiger partial charge in [-0.05, 0) is 37.9 Å². The van der Waals surface area contributed by atoms with Crippen molar-refractivity contribution in [1.29, 1.82) is 0 Å². The summed E-state index contributed by atoms with van der Waals surface area (Å²) in [5.74, 6) is -0.312. The monoisotopic (exact) mass is 426 g/mol. The summed E-state index contributed by atoms with van der Waals surface area (Å²) in [4.78, 5) is 33.2. The molecular formula is C26H26N4O2. The van der Waals surface area contributed by atoms with Crippen LogP contribution in [0.5, 0.6) is 0 Å². The quantitative estimate of drug-likeness (QED) is 0.691. The van der Waals surface area contributed by atoms with Gasteiger partial charge in [-0.15, -0.1) is 0 Å². The van der Waals surface area contributed by atoms with Crippen molar-refractivity contribution in [2.45, 2.75) is 11.7 Å². The van der Waals surface area contributed by atoms with E-state index < -0.39 is 5.66 Å². The molecule has 6 heteroatoms. The van der Waals surface area contributed by atoms with Gasteiger partial charge in [0, 0.05) is 24.8 Å². The van der Waals surface area contributed by atoms with Gasteiger partial charge in [-0.25, -0.2) is 0 Å². The van der Waals surface area contributed by atoms with Crippen LogP contribution in [0, 0.1) is 0 Å². The second-order valence-electron chi connectivity index (χ2n) is 8.57. The predicted molar refractivity (Wildman–Crippen MR) is 126 cm³/mol. The average molecular weight is 427 g/mol. The number of rotatable bonds is 4. The van der Waals surface area contributed by atoms with E-state index in [1.54, 1.807) is 16.8 Å². The number of benzene rings is 3. The Balaban J connectivity index is 1.70. The number of nitrogens with zero attached hydrogens (tertiary/aromatic N) is 3. The summed E-state index contributed by atoms with van der Waals surface area (Å²) in [7, 11) is 5.76. The normalized spacial score (nSPS) is 20.4. The Morgan fingerprint density at radius 3 is 2.31 bits per heavy atom. The third-order valence-electron chi connectivity index (χ3n) is 6.56. The first-order valence-corrected chi connectivity index (χ1v) is 10.7. The van der Waals surface area contributed by atoms with E-state index in [0.717, 1.165) is 16.8 Å². The molecule has 0 bridgehead atoms. The third kappa shape index (κ3) is 2.83. The van der Waals surface area contributed by atoms with Gasteiger partial charge >= 0.3 is 0 Å². The molecule has 0 fully saturated rings. The fourth-order valence-electron chi connectivity index (χ4n) is 4.89. The third-order valence-corrected chi connectivity index (χ3v) is 6.56. The number of carbonyl (C=O) groups excluding carboxylic acids is 2. The van der Waals surface area contributed by atoms with Crippen molar-refractivity contribution in [1.82, 2.24) is 9.80 Å². The Morgan fingerprint density at radius 2 is 1.56 bits per heavy atom. The van der Waals surface area contributed by atoms with Crippen molar-refractivity contribution >= 4 is 23.2 Å². The number of amides is 2. The first kappa shape index (κ1) is 20.3.